The Balaban J connectivity index is 1.58. The third kappa shape index (κ3) is 5.54. The van der Waals surface area contributed by atoms with Gasteiger partial charge >= 0.3 is 6.18 Å². The minimum absolute atomic E-state index is 0.116. The van der Waals surface area contributed by atoms with Gasteiger partial charge in [-0.2, -0.15) is 13.2 Å². The number of halogens is 4. The van der Waals surface area contributed by atoms with Gasteiger partial charge in [-0.15, -0.1) is 0 Å². The van der Waals surface area contributed by atoms with Crippen LogP contribution in [0.3, 0.4) is 0 Å². The van der Waals surface area contributed by atoms with Crippen LogP contribution in [0.5, 0.6) is 5.75 Å². The lowest BCUT2D eigenvalue weighted by Gasteiger charge is -2.35. The van der Waals surface area contributed by atoms with Gasteiger partial charge in [-0.1, -0.05) is 23.7 Å². The molecule has 0 radical (unpaired) electrons. The monoisotopic (exact) mass is 455 g/mol. The smallest absolute Gasteiger partial charge is 0.427 e. The molecule has 1 unspecified atom stereocenters. The van der Waals surface area contributed by atoms with E-state index < -0.39 is 11.9 Å². The van der Waals surface area contributed by atoms with Crippen LogP contribution in [0, 0.1) is 5.92 Å². The van der Waals surface area contributed by atoms with E-state index in [1.807, 2.05) is 0 Å². The molecule has 1 amide bonds. The Labute approximate surface area is 182 Å². The van der Waals surface area contributed by atoms with Crippen LogP contribution in [0.15, 0.2) is 36.5 Å². The molecular formula is C21H21ClF3N3O3. The van der Waals surface area contributed by atoms with E-state index in [1.165, 1.54) is 0 Å². The lowest BCUT2D eigenvalue weighted by Crippen LogP contribution is -2.44. The van der Waals surface area contributed by atoms with Crippen molar-refractivity contribution >= 4 is 24.0 Å². The number of hydrogen-bond donors (Lipinski definition) is 1. The molecule has 6 nitrogen and oxygen atoms in total. The number of piperidine rings is 1. The number of aromatic nitrogens is 1. The molecule has 0 aliphatic carbocycles. The fourth-order valence-corrected chi connectivity index (χ4v) is 3.95. The zero-order chi connectivity index (χ0) is 22.6. The van der Waals surface area contributed by atoms with Crippen molar-refractivity contribution in [1.82, 2.24) is 9.88 Å². The molecule has 10 heteroatoms. The molecule has 3 rings (SSSR count). The topological polar surface area (TPSA) is 85.5 Å². The van der Waals surface area contributed by atoms with Crippen LogP contribution in [0.2, 0.25) is 5.02 Å². The predicted molar refractivity (Wildman–Crippen MR) is 108 cm³/mol. The zero-order valence-electron chi connectivity index (χ0n) is 16.4. The Morgan fingerprint density at radius 1 is 1.29 bits per heavy atom. The first kappa shape index (κ1) is 23.0. The first-order valence-corrected chi connectivity index (χ1v) is 10.0. The van der Waals surface area contributed by atoms with Gasteiger partial charge in [0.15, 0.2) is 5.75 Å². The number of carbonyl (C=O) groups excluding carboxylic acids is 2. The van der Waals surface area contributed by atoms with E-state index in [2.05, 4.69) is 4.98 Å². The van der Waals surface area contributed by atoms with E-state index in [9.17, 15) is 22.8 Å². The molecular weight excluding hydrogens is 435 g/mol. The maximum atomic E-state index is 12.6. The SMILES string of the molecule is NC(Cc1cccc(Cl)c1OC=O)C1CCN(C(=O)c2ccc(C(F)(F)F)nc2)CC1. The van der Waals surface area contributed by atoms with E-state index in [1.54, 1.807) is 23.1 Å². The van der Waals surface area contributed by atoms with Crippen molar-refractivity contribution in [3.05, 3.63) is 58.4 Å². The summed E-state index contributed by atoms with van der Waals surface area (Å²) in [5.41, 5.74) is 6.18. The van der Waals surface area contributed by atoms with Crippen LogP contribution < -0.4 is 10.5 Å². The summed E-state index contributed by atoms with van der Waals surface area (Å²) in [5, 5.41) is 0.322. The maximum Gasteiger partial charge on any atom is 0.433 e. The zero-order valence-corrected chi connectivity index (χ0v) is 17.2. The summed E-state index contributed by atoms with van der Waals surface area (Å²) in [7, 11) is 0. The van der Waals surface area contributed by atoms with Gasteiger partial charge in [0.1, 0.15) is 5.69 Å². The molecule has 1 aliphatic rings. The van der Waals surface area contributed by atoms with Crippen molar-refractivity contribution in [2.75, 3.05) is 13.1 Å². The number of hydrogen-bond acceptors (Lipinski definition) is 5. The number of nitrogens with zero attached hydrogens (tertiary/aromatic N) is 2. The average molecular weight is 456 g/mol. The maximum absolute atomic E-state index is 12.6. The standard InChI is InChI=1S/C21H21ClF3N3O3/c22-16-3-1-2-14(19(16)31-12-29)10-17(26)13-6-8-28(9-7-13)20(30)15-4-5-18(27-11-15)21(23,24)25/h1-5,11-13,17H,6-10,26H2. The van der Waals surface area contributed by atoms with E-state index >= 15 is 0 Å². The Morgan fingerprint density at radius 2 is 2.00 bits per heavy atom. The highest BCUT2D eigenvalue weighted by molar-refractivity contribution is 6.32. The molecule has 0 spiro atoms. The summed E-state index contributed by atoms with van der Waals surface area (Å²) in [6.07, 6.45) is -1.85. The highest BCUT2D eigenvalue weighted by Gasteiger charge is 2.33. The van der Waals surface area contributed by atoms with Crippen LogP contribution >= 0.6 is 11.6 Å². The third-order valence-corrected chi connectivity index (χ3v) is 5.70. The van der Waals surface area contributed by atoms with Crippen LogP contribution in [-0.4, -0.2) is 41.4 Å². The first-order chi connectivity index (χ1) is 14.7. The molecule has 31 heavy (non-hydrogen) atoms. The van der Waals surface area contributed by atoms with Crippen molar-refractivity contribution in [1.29, 1.82) is 0 Å². The summed E-state index contributed by atoms with van der Waals surface area (Å²) < 4.78 is 42.9. The number of amides is 1. The molecule has 1 aromatic carbocycles. The molecule has 0 bridgehead atoms. The van der Waals surface area contributed by atoms with Crippen molar-refractivity contribution in [3.63, 3.8) is 0 Å². The highest BCUT2D eigenvalue weighted by Crippen LogP contribution is 2.31. The van der Waals surface area contributed by atoms with Crippen molar-refractivity contribution in [2.45, 2.75) is 31.5 Å². The molecule has 0 saturated carbocycles. The second-order valence-corrected chi connectivity index (χ2v) is 7.78. The lowest BCUT2D eigenvalue weighted by atomic mass is 9.86. The van der Waals surface area contributed by atoms with Crippen LogP contribution in [0.1, 0.15) is 34.5 Å². The largest absolute Gasteiger partial charge is 0.433 e. The van der Waals surface area contributed by atoms with Gasteiger partial charge in [-0.05, 0) is 48.9 Å². The number of carbonyl (C=O) groups is 2. The molecule has 1 fully saturated rings. The van der Waals surface area contributed by atoms with Crippen LogP contribution in [0.25, 0.3) is 0 Å². The van der Waals surface area contributed by atoms with Crippen LogP contribution in [-0.2, 0) is 17.4 Å². The van der Waals surface area contributed by atoms with Gasteiger partial charge in [0, 0.05) is 25.3 Å². The van der Waals surface area contributed by atoms with Gasteiger partial charge in [0.25, 0.3) is 12.4 Å². The minimum atomic E-state index is -4.55. The Hall–Kier alpha value is -2.65. The van der Waals surface area contributed by atoms with Gasteiger partial charge in [-0.3, -0.25) is 14.6 Å². The van der Waals surface area contributed by atoms with E-state index in [0.717, 1.165) is 23.9 Å². The Bertz CT molecular complexity index is 930. The fourth-order valence-electron chi connectivity index (χ4n) is 3.72. The van der Waals surface area contributed by atoms with Gasteiger partial charge in [0.2, 0.25) is 0 Å². The Morgan fingerprint density at radius 3 is 2.58 bits per heavy atom. The number of para-hydroxylation sites is 1. The molecule has 2 N–H and O–H groups in total. The number of likely N-dealkylation sites (tertiary alicyclic amines) is 1. The number of ether oxygens (including phenoxy) is 1. The molecule has 1 aromatic heterocycles. The number of rotatable bonds is 6. The highest BCUT2D eigenvalue weighted by atomic mass is 35.5. The molecule has 2 heterocycles. The lowest BCUT2D eigenvalue weighted by molar-refractivity contribution is -0.141. The quantitative estimate of drug-likeness (QED) is 0.671. The Kier molecular flexibility index (Phi) is 7.17. The first-order valence-electron chi connectivity index (χ1n) is 9.66. The van der Waals surface area contributed by atoms with Crippen molar-refractivity contribution in [3.8, 4) is 5.75 Å². The summed E-state index contributed by atoms with van der Waals surface area (Å²) in [6, 6.07) is 6.87. The van der Waals surface area contributed by atoms with Gasteiger partial charge < -0.3 is 15.4 Å². The summed E-state index contributed by atoms with van der Waals surface area (Å²) >= 11 is 6.09. The number of alkyl halides is 3. The van der Waals surface area contributed by atoms with Crippen LogP contribution in [0.4, 0.5) is 13.2 Å². The molecule has 1 saturated heterocycles. The molecule has 1 atom stereocenters. The van der Waals surface area contributed by atoms with Crippen molar-refractivity contribution in [2.24, 2.45) is 11.7 Å². The second kappa shape index (κ2) is 9.65. The van der Waals surface area contributed by atoms with Crippen molar-refractivity contribution < 1.29 is 27.5 Å². The normalized spacial score (nSPS) is 16.1. The number of pyridine rings is 1. The summed E-state index contributed by atoms with van der Waals surface area (Å²) in [6.45, 7) is 1.19. The number of nitrogens with two attached hydrogens (primary N) is 1. The van der Waals surface area contributed by atoms with E-state index in [4.69, 9.17) is 22.1 Å². The summed E-state index contributed by atoms with van der Waals surface area (Å²) in [5.74, 6) is 0.0552. The second-order valence-electron chi connectivity index (χ2n) is 7.37. The third-order valence-electron chi connectivity index (χ3n) is 5.40. The van der Waals surface area contributed by atoms with E-state index in [-0.39, 0.29) is 29.2 Å². The summed E-state index contributed by atoms with van der Waals surface area (Å²) in [4.78, 5) is 28.3. The molecule has 1 aliphatic heterocycles. The van der Waals surface area contributed by atoms with Gasteiger partial charge in [-0.25, -0.2) is 0 Å². The van der Waals surface area contributed by atoms with E-state index in [0.29, 0.717) is 43.8 Å². The minimum Gasteiger partial charge on any atom is -0.427 e. The fraction of sp³-hybridized carbons (Fsp3) is 0.381. The van der Waals surface area contributed by atoms with Gasteiger partial charge in [0.05, 0.1) is 10.6 Å². The molecule has 166 valence electrons. The number of benzene rings is 1. The molecule has 2 aromatic rings. The predicted octanol–water partition coefficient (Wildman–Crippen LogP) is 3.71. The average Bonchev–Trinajstić information content (AvgIpc) is 2.75.